The number of hydrogen-bond acceptors (Lipinski definition) is 6. The van der Waals surface area contributed by atoms with Crippen LogP contribution in [-0.4, -0.2) is 41.5 Å². The molecule has 0 fully saturated rings. The Hall–Kier alpha value is -3.36. The molecule has 1 atom stereocenters. The molecule has 0 aliphatic carbocycles. The topological polar surface area (TPSA) is 139 Å². The summed E-state index contributed by atoms with van der Waals surface area (Å²) in [5.41, 5.74) is 7.48. The Morgan fingerprint density at radius 3 is 2.69 bits per heavy atom. The highest BCUT2D eigenvalue weighted by atomic mass is 16.6. The van der Waals surface area contributed by atoms with Crippen LogP contribution < -0.4 is 21.9 Å². The van der Waals surface area contributed by atoms with Gasteiger partial charge >= 0.3 is 6.09 Å². The van der Waals surface area contributed by atoms with Gasteiger partial charge in [-0.3, -0.25) is 19.9 Å². The number of amidine groups is 1. The molecule has 0 spiro atoms. The summed E-state index contributed by atoms with van der Waals surface area (Å²) in [6, 6.07) is 1.32. The molecule has 0 bridgehead atoms. The third-order valence-electron chi connectivity index (χ3n) is 4.21. The molecule has 1 aromatic rings. The first-order chi connectivity index (χ1) is 13.4. The number of aromatic nitrogens is 1. The molecule has 9 heteroatoms. The van der Waals surface area contributed by atoms with Crippen molar-refractivity contribution in [2.45, 2.75) is 46.3 Å². The normalized spacial score (nSPS) is 16.9. The first-order valence-corrected chi connectivity index (χ1v) is 9.12. The molecule has 1 aliphatic heterocycles. The van der Waals surface area contributed by atoms with Crippen LogP contribution in [0, 0.1) is 6.92 Å². The molecule has 0 saturated carbocycles. The zero-order valence-corrected chi connectivity index (χ0v) is 17.3. The van der Waals surface area contributed by atoms with E-state index in [9.17, 15) is 14.4 Å². The van der Waals surface area contributed by atoms with E-state index in [1.807, 2.05) is 6.92 Å². The number of nitrogens with one attached hydrogen (secondary N) is 3. The second-order valence-electron chi connectivity index (χ2n) is 7.77. The number of anilines is 1. The number of nitrogens with two attached hydrogens (primary N) is 1. The molecule has 0 radical (unpaired) electrons. The Kier molecular flexibility index (Phi) is 6.31. The van der Waals surface area contributed by atoms with Crippen LogP contribution in [0.2, 0.25) is 0 Å². The van der Waals surface area contributed by atoms with Gasteiger partial charge in [-0.25, -0.2) is 4.79 Å². The van der Waals surface area contributed by atoms with Gasteiger partial charge in [-0.1, -0.05) is 6.58 Å². The average Bonchev–Trinajstić information content (AvgIpc) is 2.58. The second-order valence-corrected chi connectivity index (χ2v) is 7.77. The van der Waals surface area contributed by atoms with E-state index in [0.29, 0.717) is 34.4 Å². The minimum absolute atomic E-state index is 0.0322. The van der Waals surface area contributed by atoms with Gasteiger partial charge in [0.25, 0.3) is 5.56 Å². The number of aromatic amines is 1. The molecule has 9 nitrogen and oxygen atoms in total. The molecule has 1 unspecified atom stereocenters. The fourth-order valence-corrected chi connectivity index (χ4v) is 2.93. The van der Waals surface area contributed by atoms with E-state index in [2.05, 4.69) is 27.2 Å². The summed E-state index contributed by atoms with van der Waals surface area (Å²) >= 11 is 0. The maximum absolute atomic E-state index is 12.4. The number of H-pyrrole nitrogens is 1. The first kappa shape index (κ1) is 21.9. The maximum Gasteiger partial charge on any atom is 0.413 e. The Morgan fingerprint density at radius 1 is 1.45 bits per heavy atom. The molecule has 1 aliphatic rings. The van der Waals surface area contributed by atoms with Crippen LogP contribution in [0.5, 0.6) is 0 Å². The highest BCUT2D eigenvalue weighted by Gasteiger charge is 2.29. The quantitative estimate of drug-likeness (QED) is 0.568. The van der Waals surface area contributed by atoms with Crippen LogP contribution in [0.25, 0.3) is 5.57 Å². The van der Waals surface area contributed by atoms with E-state index >= 15 is 0 Å². The van der Waals surface area contributed by atoms with Crippen LogP contribution in [0.15, 0.2) is 33.6 Å². The monoisotopic (exact) mass is 401 g/mol. The summed E-state index contributed by atoms with van der Waals surface area (Å²) in [6.45, 7) is 12.9. The number of nitrogens with zero attached hydrogens (tertiary/aromatic N) is 1. The van der Waals surface area contributed by atoms with Crippen LogP contribution in [0.4, 0.5) is 10.5 Å². The predicted molar refractivity (Wildman–Crippen MR) is 113 cm³/mol. The van der Waals surface area contributed by atoms with Crippen LogP contribution in [-0.2, 0) is 9.53 Å². The van der Waals surface area contributed by atoms with Gasteiger partial charge in [-0.15, -0.1) is 0 Å². The number of amides is 2. The van der Waals surface area contributed by atoms with E-state index < -0.39 is 17.3 Å². The predicted octanol–water partition coefficient (Wildman–Crippen LogP) is 1.65. The lowest BCUT2D eigenvalue weighted by Gasteiger charge is -2.28. The molecular formula is C20H27N5O4. The molecule has 29 heavy (non-hydrogen) atoms. The zero-order valence-electron chi connectivity index (χ0n) is 17.3. The molecular weight excluding hydrogens is 374 g/mol. The number of alkyl carbamates (subject to hydrolysis) is 1. The Bertz CT molecular complexity index is 966. The summed E-state index contributed by atoms with van der Waals surface area (Å²) in [6.07, 6.45) is -0.141. The maximum atomic E-state index is 12.4. The molecule has 0 aromatic carbocycles. The largest absolute Gasteiger partial charge is 0.444 e. The molecule has 1 aromatic heterocycles. The Balaban J connectivity index is 2.67. The van der Waals surface area contributed by atoms with Crippen molar-refractivity contribution >= 4 is 29.6 Å². The number of ether oxygens (including phenoxy) is 1. The van der Waals surface area contributed by atoms with E-state index in [1.54, 1.807) is 33.8 Å². The second kappa shape index (κ2) is 8.34. The number of pyridine rings is 1. The van der Waals surface area contributed by atoms with Crippen molar-refractivity contribution in [3.63, 3.8) is 0 Å². The number of hydrogen-bond donors (Lipinski definition) is 4. The number of dihydropyridines is 1. The van der Waals surface area contributed by atoms with E-state index in [4.69, 9.17) is 10.5 Å². The van der Waals surface area contributed by atoms with Crippen molar-refractivity contribution in [2.75, 3.05) is 12.3 Å². The Labute approximate surface area is 169 Å². The third kappa shape index (κ3) is 5.13. The fourth-order valence-electron chi connectivity index (χ4n) is 2.93. The molecule has 156 valence electrons. The van der Waals surface area contributed by atoms with Gasteiger partial charge < -0.3 is 20.8 Å². The number of carbonyl (C=O) groups excluding carboxylic acids is 2. The number of aliphatic imine (C=N–C) groups is 1. The van der Waals surface area contributed by atoms with E-state index in [0.717, 1.165) is 0 Å². The van der Waals surface area contributed by atoms with Crippen LogP contribution in [0.1, 0.15) is 39.0 Å². The van der Waals surface area contributed by atoms with Crippen LogP contribution in [0.3, 0.4) is 0 Å². The van der Waals surface area contributed by atoms with E-state index in [1.165, 1.54) is 0 Å². The highest BCUT2D eigenvalue weighted by Crippen LogP contribution is 2.33. The molecule has 5 N–H and O–H groups in total. The van der Waals surface area contributed by atoms with Gasteiger partial charge in [-0.05, 0) is 51.8 Å². The lowest BCUT2D eigenvalue weighted by atomic mass is 9.88. The Morgan fingerprint density at radius 2 is 2.10 bits per heavy atom. The number of aryl methyl sites for hydroxylation is 1. The zero-order chi connectivity index (χ0) is 21.9. The number of nitrogen functional groups attached to an aromatic ring is 1. The average molecular weight is 401 g/mol. The summed E-state index contributed by atoms with van der Waals surface area (Å²) in [4.78, 5) is 42.7. The number of rotatable bonds is 4. The van der Waals surface area contributed by atoms with Crippen molar-refractivity contribution in [1.82, 2.24) is 15.6 Å². The van der Waals surface area contributed by atoms with Crippen molar-refractivity contribution in [2.24, 2.45) is 4.99 Å². The summed E-state index contributed by atoms with van der Waals surface area (Å²) < 4.78 is 5.33. The fraction of sp³-hybridized carbons (Fsp3) is 0.400. The minimum Gasteiger partial charge on any atom is -0.444 e. The molecule has 2 heterocycles. The standard InChI is InChI=1S/C20H27N5O4/c1-10-7-13(16(21)18(27)23-10)15-14(8-22-9-26)11(2)12(3)24-17(15)25-19(28)29-20(4,5)6/h7,9,12H,2,8,21H2,1,3-6H3,(H,22,26)(H,23,27)(H,24,25,28). The van der Waals surface area contributed by atoms with Gasteiger partial charge in [0.05, 0.1) is 6.04 Å². The van der Waals surface area contributed by atoms with Crippen molar-refractivity contribution in [3.8, 4) is 0 Å². The first-order valence-electron chi connectivity index (χ1n) is 9.12. The van der Waals surface area contributed by atoms with Crippen molar-refractivity contribution < 1.29 is 14.3 Å². The third-order valence-corrected chi connectivity index (χ3v) is 4.21. The summed E-state index contributed by atoms with van der Waals surface area (Å²) in [5, 5.41) is 5.26. The number of carbonyl (C=O) groups is 2. The van der Waals surface area contributed by atoms with Crippen molar-refractivity contribution in [1.29, 1.82) is 0 Å². The lowest BCUT2D eigenvalue weighted by Crippen LogP contribution is -2.40. The minimum atomic E-state index is -0.709. The molecule has 2 amide bonds. The van der Waals surface area contributed by atoms with Crippen molar-refractivity contribution in [3.05, 3.63) is 45.4 Å². The summed E-state index contributed by atoms with van der Waals surface area (Å²) in [5.74, 6) is 0.193. The summed E-state index contributed by atoms with van der Waals surface area (Å²) in [7, 11) is 0. The van der Waals surface area contributed by atoms with E-state index in [-0.39, 0.29) is 24.1 Å². The smallest absolute Gasteiger partial charge is 0.413 e. The lowest BCUT2D eigenvalue weighted by molar-refractivity contribution is -0.109. The molecule has 0 saturated heterocycles. The molecule has 2 rings (SSSR count). The van der Waals surface area contributed by atoms with Crippen LogP contribution >= 0.6 is 0 Å². The van der Waals surface area contributed by atoms with Gasteiger partial charge in [0.1, 0.15) is 17.1 Å². The highest BCUT2D eigenvalue weighted by molar-refractivity contribution is 6.29. The van der Waals surface area contributed by atoms with Gasteiger partial charge in [0, 0.05) is 23.4 Å². The van der Waals surface area contributed by atoms with Gasteiger partial charge in [-0.2, -0.15) is 0 Å². The van der Waals surface area contributed by atoms with Gasteiger partial charge in [0.15, 0.2) is 0 Å². The van der Waals surface area contributed by atoms with Gasteiger partial charge in [0.2, 0.25) is 6.41 Å². The SMILES string of the molecule is C=C1C(CNC=O)=C(c2cc(C)[nH]c(=O)c2N)C(NC(=O)OC(C)(C)C)=NC1C.